The second kappa shape index (κ2) is 6.20. The molecule has 1 rings (SSSR count). The fourth-order valence-electron chi connectivity index (χ4n) is 0.887. The average molecular weight is 266 g/mol. The van der Waals surface area contributed by atoms with Gasteiger partial charge in [0.1, 0.15) is 5.15 Å². The van der Waals surface area contributed by atoms with Crippen molar-refractivity contribution >= 4 is 40.9 Å². The second-order valence-corrected chi connectivity index (χ2v) is 4.66. The van der Waals surface area contributed by atoms with Crippen LogP contribution in [0.4, 0.5) is 0 Å². The molecule has 82 valence electrons. The number of hydrogen-bond donors (Lipinski definition) is 1. The predicted molar refractivity (Wildman–Crippen MR) is 62.7 cm³/mol. The Hall–Kier alpha value is -0.450. The third-order valence-corrected chi connectivity index (χ3v) is 3.11. The van der Waals surface area contributed by atoms with E-state index in [4.69, 9.17) is 28.3 Å². The minimum Gasteiger partial charge on any atom is -0.481 e. The van der Waals surface area contributed by atoms with E-state index in [9.17, 15) is 4.79 Å². The topological polar surface area (TPSA) is 50.2 Å². The molecule has 0 amide bonds. The number of thioether (sulfide) groups is 1. The van der Waals surface area contributed by atoms with E-state index in [2.05, 4.69) is 4.98 Å². The first-order chi connectivity index (χ1) is 7.09. The summed E-state index contributed by atoms with van der Waals surface area (Å²) >= 11 is 13.1. The van der Waals surface area contributed by atoms with Crippen LogP contribution in [0, 0.1) is 0 Å². The van der Waals surface area contributed by atoms with Crippen LogP contribution in [-0.2, 0) is 10.5 Å². The van der Waals surface area contributed by atoms with Gasteiger partial charge in [0.2, 0.25) is 0 Å². The quantitative estimate of drug-likeness (QED) is 0.657. The number of aromatic nitrogens is 1. The van der Waals surface area contributed by atoms with Gasteiger partial charge < -0.3 is 5.11 Å². The fourth-order valence-corrected chi connectivity index (χ4v) is 2.18. The lowest BCUT2D eigenvalue weighted by atomic mass is 10.4. The van der Waals surface area contributed by atoms with E-state index in [1.165, 1.54) is 11.8 Å². The number of halogens is 2. The predicted octanol–water partition coefficient (Wildman–Crippen LogP) is 3.10. The summed E-state index contributed by atoms with van der Waals surface area (Å²) in [5.41, 5.74) is 0.694. The molecule has 0 radical (unpaired) electrons. The van der Waals surface area contributed by atoms with Crippen molar-refractivity contribution in [1.82, 2.24) is 4.98 Å². The minimum absolute atomic E-state index is 0.142. The van der Waals surface area contributed by atoms with Crippen molar-refractivity contribution in [1.29, 1.82) is 0 Å². The van der Waals surface area contributed by atoms with Crippen LogP contribution >= 0.6 is 35.0 Å². The van der Waals surface area contributed by atoms with Gasteiger partial charge in [-0.3, -0.25) is 4.79 Å². The molecule has 3 nitrogen and oxygen atoms in total. The van der Waals surface area contributed by atoms with Crippen LogP contribution < -0.4 is 0 Å². The van der Waals surface area contributed by atoms with Crippen molar-refractivity contribution < 1.29 is 9.90 Å². The molecule has 6 heteroatoms. The van der Waals surface area contributed by atoms with Gasteiger partial charge in [-0.2, -0.15) is 11.8 Å². The Balaban J connectivity index is 2.43. The fraction of sp³-hybridized carbons (Fsp3) is 0.333. The second-order valence-electron chi connectivity index (χ2n) is 2.76. The van der Waals surface area contributed by atoms with Crippen LogP contribution in [-0.4, -0.2) is 21.8 Å². The van der Waals surface area contributed by atoms with E-state index in [0.29, 0.717) is 27.4 Å². The lowest BCUT2D eigenvalue weighted by molar-refractivity contribution is -0.136. The zero-order chi connectivity index (χ0) is 11.3. The molecule has 0 aliphatic heterocycles. The summed E-state index contributed by atoms with van der Waals surface area (Å²) in [7, 11) is 0. The Bertz CT molecular complexity index is 360. The first-order valence-corrected chi connectivity index (χ1v) is 6.11. The van der Waals surface area contributed by atoms with Crippen molar-refractivity contribution in [3.63, 3.8) is 0 Å². The van der Waals surface area contributed by atoms with Gasteiger partial charge in [0, 0.05) is 11.5 Å². The molecular weight excluding hydrogens is 257 g/mol. The molecule has 15 heavy (non-hydrogen) atoms. The summed E-state index contributed by atoms with van der Waals surface area (Å²) in [4.78, 5) is 14.3. The maximum absolute atomic E-state index is 10.3. The van der Waals surface area contributed by atoms with E-state index in [-0.39, 0.29) is 6.42 Å². The minimum atomic E-state index is -0.798. The molecule has 1 aromatic rings. The van der Waals surface area contributed by atoms with Crippen molar-refractivity contribution in [2.45, 2.75) is 12.2 Å². The maximum Gasteiger partial charge on any atom is 0.304 e. The first-order valence-electron chi connectivity index (χ1n) is 4.20. The summed E-state index contributed by atoms with van der Waals surface area (Å²) < 4.78 is 0. The SMILES string of the molecule is O=C(O)CCSCc1nc(Cl)ccc1Cl. The number of carboxylic acid groups (broad SMARTS) is 1. The van der Waals surface area contributed by atoms with E-state index in [1.54, 1.807) is 12.1 Å². The Labute approximate surface area is 102 Å². The Kier molecular flexibility index (Phi) is 5.22. The Morgan fingerprint density at radius 3 is 2.87 bits per heavy atom. The van der Waals surface area contributed by atoms with Crippen molar-refractivity contribution in [3.8, 4) is 0 Å². The van der Waals surface area contributed by atoms with E-state index in [1.807, 2.05) is 0 Å². The van der Waals surface area contributed by atoms with Gasteiger partial charge in [0.05, 0.1) is 17.1 Å². The number of nitrogens with zero attached hydrogens (tertiary/aromatic N) is 1. The number of carboxylic acids is 1. The molecule has 0 spiro atoms. The molecule has 1 N–H and O–H groups in total. The molecule has 1 aromatic heterocycles. The van der Waals surface area contributed by atoms with Crippen molar-refractivity contribution in [3.05, 3.63) is 28.0 Å². The molecule has 0 bridgehead atoms. The van der Waals surface area contributed by atoms with Gasteiger partial charge in [0.15, 0.2) is 0 Å². The van der Waals surface area contributed by atoms with Crippen LogP contribution in [0.2, 0.25) is 10.2 Å². The molecule has 0 aromatic carbocycles. The Morgan fingerprint density at radius 1 is 1.47 bits per heavy atom. The maximum atomic E-state index is 10.3. The standard InChI is InChI=1S/C9H9Cl2NO2S/c10-6-1-2-8(11)12-7(6)5-15-4-3-9(13)14/h1-2H,3-5H2,(H,13,14). The van der Waals surface area contributed by atoms with Crippen LogP contribution in [0.5, 0.6) is 0 Å². The van der Waals surface area contributed by atoms with Crippen LogP contribution in [0.3, 0.4) is 0 Å². The largest absolute Gasteiger partial charge is 0.481 e. The number of aliphatic carboxylic acids is 1. The lowest BCUT2D eigenvalue weighted by Crippen LogP contribution is -1.97. The summed E-state index contributed by atoms with van der Waals surface area (Å²) in [5, 5.41) is 9.39. The van der Waals surface area contributed by atoms with E-state index in [0.717, 1.165) is 0 Å². The highest BCUT2D eigenvalue weighted by molar-refractivity contribution is 7.98. The monoisotopic (exact) mass is 265 g/mol. The van der Waals surface area contributed by atoms with Gasteiger partial charge in [-0.05, 0) is 12.1 Å². The molecule has 0 saturated carbocycles. The number of carbonyl (C=O) groups is 1. The summed E-state index contributed by atoms with van der Waals surface area (Å²) in [6.45, 7) is 0. The average Bonchev–Trinajstić information content (AvgIpc) is 2.17. The smallest absolute Gasteiger partial charge is 0.304 e. The normalized spacial score (nSPS) is 10.3. The van der Waals surface area contributed by atoms with Crippen LogP contribution in [0.1, 0.15) is 12.1 Å². The highest BCUT2D eigenvalue weighted by Crippen LogP contribution is 2.21. The third-order valence-electron chi connectivity index (χ3n) is 1.58. The van der Waals surface area contributed by atoms with Crippen LogP contribution in [0.15, 0.2) is 12.1 Å². The van der Waals surface area contributed by atoms with Crippen molar-refractivity contribution in [2.24, 2.45) is 0 Å². The van der Waals surface area contributed by atoms with Gasteiger partial charge in [0.25, 0.3) is 0 Å². The number of rotatable bonds is 5. The Morgan fingerprint density at radius 2 is 2.20 bits per heavy atom. The molecule has 0 saturated heterocycles. The van der Waals surface area contributed by atoms with Gasteiger partial charge in [-0.15, -0.1) is 0 Å². The number of pyridine rings is 1. The van der Waals surface area contributed by atoms with E-state index < -0.39 is 5.97 Å². The highest BCUT2D eigenvalue weighted by Gasteiger charge is 2.04. The first kappa shape index (κ1) is 12.6. The molecule has 0 atom stereocenters. The lowest BCUT2D eigenvalue weighted by Gasteiger charge is -2.02. The summed E-state index contributed by atoms with van der Waals surface area (Å²) in [6.07, 6.45) is 0.142. The van der Waals surface area contributed by atoms with Gasteiger partial charge >= 0.3 is 5.97 Å². The molecule has 0 aliphatic carbocycles. The van der Waals surface area contributed by atoms with Gasteiger partial charge in [-0.1, -0.05) is 23.2 Å². The van der Waals surface area contributed by atoms with Gasteiger partial charge in [-0.25, -0.2) is 4.98 Å². The van der Waals surface area contributed by atoms with Crippen molar-refractivity contribution in [2.75, 3.05) is 5.75 Å². The van der Waals surface area contributed by atoms with Crippen LogP contribution in [0.25, 0.3) is 0 Å². The molecule has 1 heterocycles. The highest BCUT2D eigenvalue weighted by atomic mass is 35.5. The number of hydrogen-bond acceptors (Lipinski definition) is 3. The molecule has 0 aliphatic rings. The summed E-state index contributed by atoms with van der Waals surface area (Å²) in [6, 6.07) is 3.30. The van der Waals surface area contributed by atoms with E-state index >= 15 is 0 Å². The molecule has 0 unspecified atom stereocenters. The summed E-state index contributed by atoms with van der Waals surface area (Å²) in [5.74, 6) is 0.319. The zero-order valence-corrected chi connectivity index (χ0v) is 10.1. The molecular formula is C9H9Cl2NO2S. The third kappa shape index (κ3) is 4.73. The zero-order valence-electron chi connectivity index (χ0n) is 7.74. The molecule has 0 fully saturated rings.